The number of nitrogens with zero attached hydrogens (tertiary/aromatic N) is 3. The number of benzodiazepines with no additional fused rings is 1. The van der Waals surface area contributed by atoms with E-state index in [-0.39, 0.29) is 23.6 Å². The molecular weight excluding hydrogens is 435 g/mol. The molecule has 8 nitrogen and oxygen atoms in total. The number of halogens is 1. The molecule has 4 aromatic rings. The second-order valence-electron chi connectivity index (χ2n) is 8.06. The van der Waals surface area contributed by atoms with E-state index in [4.69, 9.17) is 9.41 Å². The maximum absolute atomic E-state index is 13.2. The van der Waals surface area contributed by atoms with Crippen molar-refractivity contribution in [2.75, 3.05) is 17.2 Å². The normalized spacial score (nSPS) is 19.0. The zero-order valence-electron chi connectivity index (χ0n) is 17.8. The standard InChI is InChI=1S/C25H19FN6O2/c26-17-10-8-14(9-11-17)24-31-32-25(34-24)30-22-23(33)28-19-7-2-1-6-18(19)21(29-22)16-5-3-4-15(12-16)20-13-27-20/h1-12,20,22,27H,13H2,(H,28,33)(H,30,32). The molecule has 3 heterocycles. The number of fused-ring (bicyclic) bond motifs is 1. The third-order valence-corrected chi connectivity index (χ3v) is 5.69. The summed E-state index contributed by atoms with van der Waals surface area (Å²) in [6.07, 6.45) is -1.01. The summed E-state index contributed by atoms with van der Waals surface area (Å²) in [4.78, 5) is 17.8. The minimum absolute atomic E-state index is 0.0319. The molecule has 2 aliphatic rings. The molecule has 2 aliphatic heterocycles. The van der Waals surface area contributed by atoms with Gasteiger partial charge in [-0.2, -0.15) is 0 Å². The first-order valence-corrected chi connectivity index (χ1v) is 10.8. The fourth-order valence-corrected chi connectivity index (χ4v) is 3.89. The van der Waals surface area contributed by atoms with Crippen molar-refractivity contribution in [3.05, 3.63) is 95.3 Å². The van der Waals surface area contributed by atoms with Gasteiger partial charge in [0, 0.05) is 29.3 Å². The van der Waals surface area contributed by atoms with Gasteiger partial charge in [-0.15, -0.1) is 5.10 Å². The number of benzene rings is 3. The van der Waals surface area contributed by atoms with Crippen LogP contribution in [0.15, 0.2) is 82.2 Å². The highest BCUT2D eigenvalue weighted by atomic mass is 19.1. The van der Waals surface area contributed by atoms with Crippen molar-refractivity contribution in [1.29, 1.82) is 0 Å². The van der Waals surface area contributed by atoms with Crippen LogP contribution in [-0.4, -0.2) is 34.5 Å². The third kappa shape index (κ3) is 3.93. The van der Waals surface area contributed by atoms with E-state index in [1.807, 2.05) is 36.4 Å². The van der Waals surface area contributed by atoms with E-state index >= 15 is 0 Å². The van der Waals surface area contributed by atoms with Crippen molar-refractivity contribution in [1.82, 2.24) is 15.5 Å². The number of hydrogen-bond acceptors (Lipinski definition) is 7. The second-order valence-corrected chi connectivity index (χ2v) is 8.06. The van der Waals surface area contributed by atoms with Gasteiger partial charge in [0.2, 0.25) is 12.1 Å². The Hall–Kier alpha value is -4.37. The van der Waals surface area contributed by atoms with Crippen LogP contribution in [0.3, 0.4) is 0 Å². The number of aliphatic imine (C=N–C) groups is 1. The van der Waals surface area contributed by atoms with Crippen LogP contribution in [0, 0.1) is 5.82 Å². The third-order valence-electron chi connectivity index (χ3n) is 5.69. The average molecular weight is 454 g/mol. The maximum Gasteiger partial charge on any atom is 0.317 e. The van der Waals surface area contributed by atoms with Crippen LogP contribution in [0.5, 0.6) is 0 Å². The van der Waals surface area contributed by atoms with E-state index in [1.54, 1.807) is 12.1 Å². The molecule has 0 radical (unpaired) electrons. The van der Waals surface area contributed by atoms with Crippen LogP contribution in [0.25, 0.3) is 11.5 Å². The number of rotatable bonds is 5. The zero-order valence-corrected chi connectivity index (χ0v) is 17.8. The second kappa shape index (κ2) is 8.20. The van der Waals surface area contributed by atoms with Gasteiger partial charge in [-0.3, -0.25) is 4.79 Å². The number of aromatic nitrogens is 2. The van der Waals surface area contributed by atoms with Crippen molar-refractivity contribution in [3.63, 3.8) is 0 Å². The van der Waals surface area contributed by atoms with Gasteiger partial charge in [0.1, 0.15) is 5.82 Å². The molecule has 3 N–H and O–H groups in total. The summed E-state index contributed by atoms with van der Waals surface area (Å²) in [7, 11) is 0. The summed E-state index contributed by atoms with van der Waals surface area (Å²) in [5, 5.41) is 17.2. The van der Waals surface area contributed by atoms with Crippen LogP contribution >= 0.6 is 0 Å². The number of carbonyl (C=O) groups excluding carboxylic acids is 1. The molecule has 0 bridgehead atoms. The lowest BCUT2D eigenvalue weighted by Crippen LogP contribution is -2.32. The molecule has 1 amide bonds. The molecule has 34 heavy (non-hydrogen) atoms. The molecule has 0 spiro atoms. The van der Waals surface area contributed by atoms with Crippen molar-refractivity contribution < 1.29 is 13.6 Å². The van der Waals surface area contributed by atoms with Crippen molar-refractivity contribution in [2.45, 2.75) is 12.2 Å². The highest BCUT2D eigenvalue weighted by Crippen LogP contribution is 2.28. The minimum atomic E-state index is -1.01. The first kappa shape index (κ1) is 20.3. The van der Waals surface area contributed by atoms with Crippen LogP contribution in [0.2, 0.25) is 0 Å². The molecule has 2 unspecified atom stereocenters. The molecule has 0 aliphatic carbocycles. The van der Waals surface area contributed by atoms with Gasteiger partial charge in [0.05, 0.1) is 11.4 Å². The summed E-state index contributed by atoms with van der Waals surface area (Å²) >= 11 is 0. The fraction of sp³-hybridized carbons (Fsp3) is 0.120. The van der Waals surface area contributed by atoms with Crippen molar-refractivity contribution >= 4 is 23.3 Å². The molecule has 6 rings (SSSR count). The van der Waals surface area contributed by atoms with Gasteiger partial charge in [-0.05, 0) is 42.0 Å². The molecule has 1 aromatic heterocycles. The van der Waals surface area contributed by atoms with Crippen molar-refractivity contribution in [2.24, 2.45) is 4.99 Å². The molecule has 0 saturated carbocycles. The Morgan fingerprint density at radius 1 is 0.971 bits per heavy atom. The van der Waals surface area contributed by atoms with Gasteiger partial charge >= 0.3 is 6.01 Å². The SMILES string of the molecule is O=C1Nc2ccccc2C(c2cccc(C3CN3)c2)=NC1Nc1nnc(-c2ccc(F)cc2)o1. The van der Waals surface area contributed by atoms with Gasteiger partial charge in [-0.25, -0.2) is 9.38 Å². The predicted octanol–water partition coefficient (Wildman–Crippen LogP) is 3.75. The molecule has 2 atom stereocenters. The smallest absolute Gasteiger partial charge is 0.317 e. The Morgan fingerprint density at radius 2 is 1.79 bits per heavy atom. The number of carbonyl (C=O) groups is 1. The zero-order chi connectivity index (χ0) is 23.1. The summed E-state index contributed by atoms with van der Waals surface area (Å²) < 4.78 is 18.9. The van der Waals surface area contributed by atoms with Crippen LogP contribution < -0.4 is 16.0 Å². The van der Waals surface area contributed by atoms with Gasteiger partial charge in [-0.1, -0.05) is 41.5 Å². The number of anilines is 2. The summed E-state index contributed by atoms with van der Waals surface area (Å²) in [5.74, 6) is -0.516. The van der Waals surface area contributed by atoms with E-state index in [1.165, 1.54) is 17.7 Å². The molecule has 3 aromatic carbocycles. The topological polar surface area (TPSA) is 114 Å². The average Bonchev–Trinajstić information content (AvgIpc) is 3.63. The van der Waals surface area contributed by atoms with Gasteiger partial charge in [0.25, 0.3) is 5.91 Å². The summed E-state index contributed by atoms with van der Waals surface area (Å²) in [6.45, 7) is 0.949. The molecular formula is C25H19FN6O2. The van der Waals surface area contributed by atoms with Gasteiger partial charge < -0.3 is 20.4 Å². The Morgan fingerprint density at radius 3 is 2.62 bits per heavy atom. The number of hydrogen-bond donors (Lipinski definition) is 3. The van der Waals surface area contributed by atoms with Crippen LogP contribution in [0.4, 0.5) is 16.1 Å². The monoisotopic (exact) mass is 454 g/mol. The van der Waals surface area contributed by atoms with Crippen LogP contribution in [-0.2, 0) is 4.79 Å². The molecule has 1 fully saturated rings. The highest BCUT2D eigenvalue weighted by molar-refractivity contribution is 6.19. The Kier molecular flexibility index (Phi) is 4.88. The van der Waals surface area contributed by atoms with E-state index < -0.39 is 6.17 Å². The Bertz CT molecular complexity index is 1410. The summed E-state index contributed by atoms with van der Waals surface area (Å²) in [6, 6.07) is 21.8. The van der Waals surface area contributed by atoms with E-state index in [0.29, 0.717) is 23.0 Å². The molecule has 9 heteroatoms. The fourth-order valence-electron chi connectivity index (χ4n) is 3.89. The number of para-hydroxylation sites is 1. The minimum Gasteiger partial charge on any atom is -0.403 e. The lowest BCUT2D eigenvalue weighted by atomic mass is 9.98. The first-order valence-electron chi connectivity index (χ1n) is 10.8. The largest absolute Gasteiger partial charge is 0.403 e. The lowest BCUT2D eigenvalue weighted by molar-refractivity contribution is -0.116. The Labute approximate surface area is 193 Å². The van der Waals surface area contributed by atoms with E-state index in [0.717, 1.165) is 17.7 Å². The van der Waals surface area contributed by atoms with E-state index in [9.17, 15) is 9.18 Å². The lowest BCUT2D eigenvalue weighted by Gasteiger charge is -2.11. The van der Waals surface area contributed by atoms with Crippen LogP contribution in [0.1, 0.15) is 22.7 Å². The molecule has 168 valence electrons. The van der Waals surface area contributed by atoms with E-state index in [2.05, 4.69) is 38.3 Å². The number of amides is 1. The number of nitrogens with one attached hydrogen (secondary N) is 3. The van der Waals surface area contributed by atoms with Crippen molar-refractivity contribution in [3.8, 4) is 11.5 Å². The van der Waals surface area contributed by atoms with Gasteiger partial charge in [0.15, 0.2) is 0 Å². The quantitative estimate of drug-likeness (QED) is 0.396. The Balaban J connectivity index is 1.36. The predicted molar refractivity (Wildman–Crippen MR) is 125 cm³/mol. The maximum atomic E-state index is 13.2. The molecule has 1 saturated heterocycles. The first-order chi connectivity index (χ1) is 16.6. The summed E-state index contributed by atoms with van der Waals surface area (Å²) in [5.41, 5.74) is 4.80. The highest BCUT2D eigenvalue weighted by Gasteiger charge is 2.28.